The fourth-order valence-electron chi connectivity index (χ4n) is 3.21. The largest absolute Gasteiger partial charge is 0.465 e. The lowest BCUT2D eigenvalue weighted by atomic mass is 9.94. The SMILES string of the molecule is COC(=O)c1cccn2cc(C3CCCN(C(C)C)C3)nc12. The molecule has 0 aliphatic carbocycles. The molecule has 0 radical (unpaired) electrons. The molecule has 1 saturated heterocycles. The zero-order valence-corrected chi connectivity index (χ0v) is 13.5. The van der Waals surface area contributed by atoms with Crippen molar-refractivity contribution in [2.75, 3.05) is 20.2 Å². The highest BCUT2D eigenvalue weighted by molar-refractivity contribution is 5.95. The number of hydrogen-bond donors (Lipinski definition) is 0. The predicted molar refractivity (Wildman–Crippen MR) is 85.2 cm³/mol. The van der Waals surface area contributed by atoms with Gasteiger partial charge in [-0.15, -0.1) is 0 Å². The molecule has 5 nitrogen and oxygen atoms in total. The van der Waals surface area contributed by atoms with Crippen molar-refractivity contribution in [3.63, 3.8) is 0 Å². The Morgan fingerprint density at radius 1 is 1.45 bits per heavy atom. The average molecular weight is 301 g/mol. The number of fused-ring (bicyclic) bond motifs is 1. The number of imidazole rings is 1. The first-order chi connectivity index (χ1) is 10.6. The van der Waals surface area contributed by atoms with Crippen molar-refractivity contribution >= 4 is 11.6 Å². The van der Waals surface area contributed by atoms with Crippen molar-refractivity contribution in [3.05, 3.63) is 35.8 Å². The molecule has 1 atom stereocenters. The van der Waals surface area contributed by atoms with Gasteiger partial charge in [-0.2, -0.15) is 0 Å². The maximum Gasteiger partial charge on any atom is 0.341 e. The Labute approximate surface area is 130 Å². The zero-order valence-electron chi connectivity index (χ0n) is 13.5. The van der Waals surface area contributed by atoms with Gasteiger partial charge >= 0.3 is 5.97 Å². The predicted octanol–water partition coefficient (Wildman–Crippen LogP) is 2.71. The fraction of sp³-hybridized carbons (Fsp3) is 0.529. The van der Waals surface area contributed by atoms with Crippen LogP contribution < -0.4 is 0 Å². The number of aromatic nitrogens is 2. The average Bonchev–Trinajstić information content (AvgIpc) is 2.98. The molecule has 3 heterocycles. The molecule has 0 saturated carbocycles. The van der Waals surface area contributed by atoms with Gasteiger partial charge in [-0.05, 0) is 45.4 Å². The van der Waals surface area contributed by atoms with Crippen LogP contribution in [0.3, 0.4) is 0 Å². The minimum atomic E-state index is -0.338. The standard InChI is InChI=1S/C17H23N3O2/c1-12(2)19-8-4-6-13(10-19)15-11-20-9-5-7-14(16(20)18-15)17(21)22-3/h5,7,9,11-13H,4,6,8,10H2,1-3H3. The van der Waals surface area contributed by atoms with E-state index in [-0.39, 0.29) is 5.97 Å². The summed E-state index contributed by atoms with van der Waals surface area (Å²) in [5.74, 6) is 0.0942. The second-order valence-corrected chi connectivity index (χ2v) is 6.24. The van der Waals surface area contributed by atoms with Gasteiger partial charge in [-0.1, -0.05) is 0 Å². The van der Waals surface area contributed by atoms with E-state index in [1.54, 1.807) is 6.07 Å². The summed E-state index contributed by atoms with van der Waals surface area (Å²) in [6.07, 6.45) is 6.33. The Morgan fingerprint density at radius 3 is 3.00 bits per heavy atom. The third-order valence-electron chi connectivity index (χ3n) is 4.51. The second-order valence-electron chi connectivity index (χ2n) is 6.24. The van der Waals surface area contributed by atoms with Crippen LogP contribution in [0.25, 0.3) is 5.65 Å². The van der Waals surface area contributed by atoms with E-state index in [1.165, 1.54) is 13.5 Å². The minimum absolute atomic E-state index is 0.338. The number of methoxy groups -OCH3 is 1. The van der Waals surface area contributed by atoms with Gasteiger partial charge in [0.25, 0.3) is 0 Å². The number of likely N-dealkylation sites (tertiary alicyclic amines) is 1. The van der Waals surface area contributed by atoms with Crippen LogP contribution in [-0.4, -0.2) is 46.5 Å². The Bertz CT molecular complexity index is 678. The number of esters is 1. The Kier molecular flexibility index (Phi) is 4.16. The summed E-state index contributed by atoms with van der Waals surface area (Å²) in [5.41, 5.74) is 2.28. The maximum absolute atomic E-state index is 11.9. The molecule has 0 amide bonds. The molecule has 3 rings (SSSR count). The van der Waals surface area contributed by atoms with Gasteiger partial charge in [0.15, 0.2) is 5.65 Å². The summed E-state index contributed by atoms with van der Waals surface area (Å²) in [6, 6.07) is 4.18. The number of rotatable bonds is 3. The molecule has 5 heteroatoms. The Hall–Kier alpha value is -1.88. The van der Waals surface area contributed by atoms with E-state index < -0.39 is 0 Å². The molecular formula is C17H23N3O2. The smallest absolute Gasteiger partial charge is 0.341 e. The van der Waals surface area contributed by atoms with Gasteiger partial charge < -0.3 is 14.0 Å². The molecule has 22 heavy (non-hydrogen) atoms. The third-order valence-corrected chi connectivity index (χ3v) is 4.51. The van der Waals surface area contributed by atoms with Gasteiger partial charge in [-0.25, -0.2) is 9.78 Å². The zero-order chi connectivity index (χ0) is 15.7. The third kappa shape index (κ3) is 2.73. The van der Waals surface area contributed by atoms with Gasteiger partial charge in [0.2, 0.25) is 0 Å². The number of piperidine rings is 1. The van der Waals surface area contributed by atoms with E-state index in [0.29, 0.717) is 23.2 Å². The van der Waals surface area contributed by atoms with Crippen LogP contribution in [0.2, 0.25) is 0 Å². The molecule has 1 unspecified atom stereocenters. The van der Waals surface area contributed by atoms with Gasteiger partial charge in [0, 0.05) is 30.9 Å². The Balaban J connectivity index is 1.93. The number of pyridine rings is 1. The lowest BCUT2D eigenvalue weighted by Gasteiger charge is -2.34. The van der Waals surface area contributed by atoms with E-state index in [4.69, 9.17) is 9.72 Å². The van der Waals surface area contributed by atoms with Crippen molar-refractivity contribution in [1.29, 1.82) is 0 Å². The summed E-state index contributed by atoms with van der Waals surface area (Å²) in [6.45, 7) is 6.67. The van der Waals surface area contributed by atoms with Crippen LogP contribution in [0.1, 0.15) is 48.7 Å². The van der Waals surface area contributed by atoms with Crippen molar-refractivity contribution < 1.29 is 9.53 Å². The lowest BCUT2D eigenvalue weighted by Crippen LogP contribution is -2.39. The van der Waals surface area contributed by atoms with E-state index in [9.17, 15) is 4.79 Å². The summed E-state index contributed by atoms with van der Waals surface area (Å²) in [5, 5.41) is 0. The van der Waals surface area contributed by atoms with E-state index in [1.807, 2.05) is 16.7 Å². The number of ether oxygens (including phenoxy) is 1. The molecule has 1 fully saturated rings. The number of carbonyl (C=O) groups excluding carboxylic acids is 1. The molecule has 0 aromatic carbocycles. The first-order valence-corrected chi connectivity index (χ1v) is 7.90. The lowest BCUT2D eigenvalue weighted by molar-refractivity contribution is 0.0602. The van der Waals surface area contributed by atoms with Gasteiger partial charge in [0.1, 0.15) is 5.56 Å². The van der Waals surface area contributed by atoms with Crippen LogP contribution in [0, 0.1) is 0 Å². The fourth-order valence-corrected chi connectivity index (χ4v) is 3.21. The summed E-state index contributed by atoms with van der Waals surface area (Å²) >= 11 is 0. The van der Waals surface area contributed by atoms with Crippen molar-refractivity contribution in [1.82, 2.24) is 14.3 Å². The van der Waals surface area contributed by atoms with E-state index in [2.05, 4.69) is 24.9 Å². The quantitative estimate of drug-likeness (QED) is 0.818. The van der Waals surface area contributed by atoms with Crippen molar-refractivity contribution in [2.24, 2.45) is 0 Å². The molecule has 2 aromatic rings. The van der Waals surface area contributed by atoms with Crippen LogP contribution in [-0.2, 0) is 4.74 Å². The van der Waals surface area contributed by atoms with Gasteiger partial charge in [-0.3, -0.25) is 0 Å². The summed E-state index contributed by atoms with van der Waals surface area (Å²) in [4.78, 5) is 19.1. The summed E-state index contributed by atoms with van der Waals surface area (Å²) < 4.78 is 6.77. The van der Waals surface area contributed by atoms with Crippen LogP contribution in [0.4, 0.5) is 0 Å². The second kappa shape index (κ2) is 6.08. The number of carbonyl (C=O) groups is 1. The van der Waals surface area contributed by atoms with E-state index >= 15 is 0 Å². The Morgan fingerprint density at radius 2 is 2.27 bits per heavy atom. The molecule has 1 aliphatic rings. The molecule has 0 N–H and O–H groups in total. The minimum Gasteiger partial charge on any atom is -0.465 e. The normalized spacial score (nSPS) is 19.7. The van der Waals surface area contributed by atoms with Crippen molar-refractivity contribution in [2.45, 2.75) is 38.6 Å². The molecular weight excluding hydrogens is 278 g/mol. The highest BCUT2D eigenvalue weighted by atomic mass is 16.5. The monoisotopic (exact) mass is 301 g/mol. The molecule has 2 aromatic heterocycles. The van der Waals surface area contributed by atoms with Crippen LogP contribution >= 0.6 is 0 Å². The van der Waals surface area contributed by atoms with Gasteiger partial charge in [0.05, 0.1) is 12.8 Å². The number of nitrogens with zero attached hydrogens (tertiary/aromatic N) is 3. The maximum atomic E-state index is 11.9. The summed E-state index contributed by atoms with van der Waals surface area (Å²) in [7, 11) is 1.40. The molecule has 0 bridgehead atoms. The molecule has 118 valence electrons. The highest BCUT2D eigenvalue weighted by Gasteiger charge is 2.25. The highest BCUT2D eigenvalue weighted by Crippen LogP contribution is 2.28. The number of hydrogen-bond acceptors (Lipinski definition) is 4. The molecule has 1 aliphatic heterocycles. The van der Waals surface area contributed by atoms with Crippen LogP contribution in [0.5, 0.6) is 0 Å². The van der Waals surface area contributed by atoms with Crippen molar-refractivity contribution in [3.8, 4) is 0 Å². The van der Waals surface area contributed by atoms with E-state index in [0.717, 1.165) is 25.2 Å². The van der Waals surface area contributed by atoms with Crippen LogP contribution in [0.15, 0.2) is 24.5 Å². The first-order valence-electron chi connectivity index (χ1n) is 7.90. The molecule has 0 spiro atoms. The topological polar surface area (TPSA) is 46.8 Å². The first kappa shape index (κ1) is 15.0.